The Balaban J connectivity index is 3.21. The van der Waals surface area contributed by atoms with Crippen LogP contribution in [0.4, 0.5) is 0 Å². The second-order valence-electron chi connectivity index (χ2n) is 4.80. The molecule has 0 saturated carbocycles. The van der Waals surface area contributed by atoms with Crippen LogP contribution >= 0.6 is 0 Å². The minimum Gasteiger partial charge on any atom is -0.392 e. The fourth-order valence-electron chi connectivity index (χ4n) is 1.60. The van der Waals surface area contributed by atoms with E-state index in [0.29, 0.717) is 11.3 Å². The minimum atomic E-state index is -3.67. The SMILES string of the molecule is Cc1[nH]nc(S(=O)(=O)N(C)C(C)C(C)C)c1CO. The first-order chi connectivity index (χ1) is 8.23. The lowest BCUT2D eigenvalue weighted by molar-refractivity contribution is 0.276. The standard InChI is InChI=1S/C11H21N3O3S/c1-7(2)9(4)14(5)18(16,17)11-10(6-15)8(3)12-13-11/h7,9,15H,6H2,1-5H3,(H,12,13). The monoisotopic (exact) mass is 275 g/mol. The van der Waals surface area contributed by atoms with Crippen molar-refractivity contribution >= 4 is 10.0 Å². The van der Waals surface area contributed by atoms with Gasteiger partial charge in [-0.3, -0.25) is 5.10 Å². The third-order valence-electron chi connectivity index (χ3n) is 3.36. The van der Waals surface area contributed by atoms with Crippen LogP contribution in [0.5, 0.6) is 0 Å². The van der Waals surface area contributed by atoms with Crippen LogP contribution in [0.1, 0.15) is 32.0 Å². The third-order valence-corrected chi connectivity index (χ3v) is 5.27. The van der Waals surface area contributed by atoms with Crippen LogP contribution in [-0.4, -0.2) is 41.1 Å². The smallest absolute Gasteiger partial charge is 0.262 e. The number of aryl methyl sites for hydroxylation is 1. The Labute approximate surface area is 108 Å². The van der Waals surface area contributed by atoms with Gasteiger partial charge in [0.05, 0.1) is 6.61 Å². The number of rotatable bonds is 5. The Kier molecular flexibility index (Phi) is 4.52. The van der Waals surface area contributed by atoms with E-state index >= 15 is 0 Å². The number of nitrogens with zero attached hydrogens (tertiary/aromatic N) is 2. The number of aromatic amines is 1. The van der Waals surface area contributed by atoms with Crippen LogP contribution in [0.25, 0.3) is 0 Å². The molecule has 1 unspecified atom stereocenters. The molecule has 0 radical (unpaired) electrons. The molecule has 6 nitrogen and oxygen atoms in total. The zero-order valence-electron chi connectivity index (χ0n) is 11.4. The lowest BCUT2D eigenvalue weighted by atomic mass is 10.1. The summed E-state index contributed by atoms with van der Waals surface area (Å²) in [6.07, 6.45) is 0. The molecule has 0 aliphatic heterocycles. The molecule has 0 aliphatic rings. The van der Waals surface area contributed by atoms with E-state index in [4.69, 9.17) is 0 Å². The van der Waals surface area contributed by atoms with Crippen LogP contribution < -0.4 is 0 Å². The predicted molar refractivity (Wildman–Crippen MR) is 68.5 cm³/mol. The number of aromatic nitrogens is 2. The van der Waals surface area contributed by atoms with Crippen LogP contribution in [-0.2, 0) is 16.6 Å². The summed E-state index contributed by atoms with van der Waals surface area (Å²) in [5.74, 6) is 0.197. The third kappa shape index (κ3) is 2.57. The first-order valence-corrected chi connectivity index (χ1v) is 7.30. The van der Waals surface area contributed by atoms with Gasteiger partial charge in [-0.25, -0.2) is 8.42 Å². The fourth-order valence-corrected chi connectivity index (χ4v) is 3.25. The van der Waals surface area contributed by atoms with Gasteiger partial charge >= 0.3 is 0 Å². The summed E-state index contributed by atoms with van der Waals surface area (Å²) in [6, 6.07) is -0.140. The van der Waals surface area contributed by atoms with Crippen molar-refractivity contribution in [1.29, 1.82) is 0 Å². The maximum absolute atomic E-state index is 12.4. The molecule has 2 N–H and O–H groups in total. The molecule has 0 fully saturated rings. The van der Waals surface area contributed by atoms with Gasteiger partial charge in [0.2, 0.25) is 0 Å². The molecule has 0 aromatic carbocycles. The Bertz CT molecular complexity index is 508. The van der Waals surface area contributed by atoms with Crippen molar-refractivity contribution in [1.82, 2.24) is 14.5 Å². The molecule has 0 aliphatic carbocycles. The number of nitrogens with one attached hydrogen (secondary N) is 1. The van der Waals surface area contributed by atoms with Gasteiger partial charge < -0.3 is 5.11 Å². The summed E-state index contributed by atoms with van der Waals surface area (Å²) in [7, 11) is -2.14. The number of sulfonamides is 1. The molecule has 1 atom stereocenters. The van der Waals surface area contributed by atoms with Crippen LogP contribution in [0.2, 0.25) is 0 Å². The number of aliphatic hydroxyl groups is 1. The Morgan fingerprint density at radius 1 is 1.39 bits per heavy atom. The van der Waals surface area contributed by atoms with Crippen molar-refractivity contribution in [3.05, 3.63) is 11.3 Å². The molecule has 1 rings (SSSR count). The zero-order valence-corrected chi connectivity index (χ0v) is 12.2. The van der Waals surface area contributed by atoms with Crippen molar-refractivity contribution < 1.29 is 13.5 Å². The van der Waals surface area contributed by atoms with E-state index in [9.17, 15) is 13.5 Å². The molecule has 104 valence electrons. The van der Waals surface area contributed by atoms with Crippen LogP contribution in [0.15, 0.2) is 5.03 Å². The van der Waals surface area contributed by atoms with Gasteiger partial charge in [-0.2, -0.15) is 9.40 Å². The lowest BCUT2D eigenvalue weighted by Crippen LogP contribution is -2.38. The number of hydrogen-bond acceptors (Lipinski definition) is 4. The van der Waals surface area contributed by atoms with Crippen molar-refractivity contribution in [2.24, 2.45) is 5.92 Å². The van der Waals surface area contributed by atoms with Gasteiger partial charge in [-0.15, -0.1) is 0 Å². The summed E-state index contributed by atoms with van der Waals surface area (Å²) in [6.45, 7) is 7.10. The van der Waals surface area contributed by atoms with E-state index in [1.165, 1.54) is 11.4 Å². The van der Waals surface area contributed by atoms with E-state index in [1.807, 2.05) is 20.8 Å². The summed E-state index contributed by atoms with van der Waals surface area (Å²) >= 11 is 0. The van der Waals surface area contributed by atoms with Crippen molar-refractivity contribution in [2.45, 2.75) is 45.4 Å². The molecule has 18 heavy (non-hydrogen) atoms. The number of hydrogen-bond donors (Lipinski definition) is 2. The maximum Gasteiger partial charge on any atom is 0.262 e. The topological polar surface area (TPSA) is 86.3 Å². The van der Waals surface area contributed by atoms with E-state index in [0.717, 1.165) is 0 Å². The molecule has 0 amide bonds. The summed E-state index contributed by atoms with van der Waals surface area (Å²) in [4.78, 5) is 0. The highest BCUT2D eigenvalue weighted by Gasteiger charge is 2.31. The molecule has 0 bridgehead atoms. The normalized spacial score (nSPS) is 14.4. The van der Waals surface area contributed by atoms with Gasteiger partial charge in [0, 0.05) is 24.3 Å². The highest BCUT2D eigenvalue weighted by molar-refractivity contribution is 7.89. The van der Waals surface area contributed by atoms with E-state index < -0.39 is 10.0 Å². The Hall–Kier alpha value is -0.920. The quantitative estimate of drug-likeness (QED) is 0.835. The molecular weight excluding hydrogens is 254 g/mol. The van der Waals surface area contributed by atoms with Gasteiger partial charge in [0.1, 0.15) is 0 Å². The Morgan fingerprint density at radius 2 is 1.94 bits per heavy atom. The van der Waals surface area contributed by atoms with Gasteiger partial charge in [-0.05, 0) is 19.8 Å². The highest BCUT2D eigenvalue weighted by atomic mass is 32.2. The summed E-state index contributed by atoms with van der Waals surface area (Å²) in [5, 5.41) is 15.6. The van der Waals surface area contributed by atoms with Gasteiger partial charge in [0.25, 0.3) is 10.0 Å². The van der Waals surface area contributed by atoms with E-state index in [2.05, 4.69) is 10.2 Å². The molecule has 1 aromatic heterocycles. The van der Waals surface area contributed by atoms with Crippen molar-refractivity contribution in [3.8, 4) is 0 Å². The zero-order chi connectivity index (χ0) is 14.1. The molecule has 7 heteroatoms. The second-order valence-corrected chi connectivity index (χ2v) is 6.71. The summed E-state index contributed by atoms with van der Waals surface area (Å²) < 4.78 is 26.1. The van der Waals surface area contributed by atoms with Crippen molar-refractivity contribution in [3.63, 3.8) is 0 Å². The first kappa shape index (κ1) is 15.1. The molecule has 1 heterocycles. The first-order valence-electron chi connectivity index (χ1n) is 5.86. The number of H-pyrrole nitrogens is 1. The maximum atomic E-state index is 12.4. The predicted octanol–water partition coefficient (Wildman–Crippen LogP) is 0.875. The van der Waals surface area contributed by atoms with E-state index in [1.54, 1.807) is 6.92 Å². The lowest BCUT2D eigenvalue weighted by Gasteiger charge is -2.26. The average Bonchev–Trinajstić information content (AvgIpc) is 2.68. The number of aliphatic hydroxyl groups excluding tert-OH is 1. The molecular formula is C11H21N3O3S. The molecule has 0 saturated heterocycles. The largest absolute Gasteiger partial charge is 0.392 e. The highest BCUT2D eigenvalue weighted by Crippen LogP contribution is 2.22. The van der Waals surface area contributed by atoms with Crippen molar-refractivity contribution in [2.75, 3.05) is 7.05 Å². The average molecular weight is 275 g/mol. The summed E-state index contributed by atoms with van der Waals surface area (Å²) in [5.41, 5.74) is 0.902. The second kappa shape index (κ2) is 5.38. The molecule has 0 spiro atoms. The minimum absolute atomic E-state index is 0.0856. The van der Waals surface area contributed by atoms with Gasteiger partial charge in [0.15, 0.2) is 5.03 Å². The fraction of sp³-hybridized carbons (Fsp3) is 0.727. The Morgan fingerprint density at radius 3 is 2.39 bits per heavy atom. The van der Waals surface area contributed by atoms with Gasteiger partial charge in [-0.1, -0.05) is 13.8 Å². The van der Waals surface area contributed by atoms with Crippen LogP contribution in [0, 0.1) is 12.8 Å². The van der Waals surface area contributed by atoms with Crippen LogP contribution in [0.3, 0.4) is 0 Å². The van der Waals surface area contributed by atoms with E-state index in [-0.39, 0.29) is 23.6 Å². The molecule has 1 aromatic rings.